The van der Waals surface area contributed by atoms with Gasteiger partial charge >= 0.3 is 5.97 Å². The lowest BCUT2D eigenvalue weighted by molar-refractivity contribution is -0.137. The lowest BCUT2D eigenvalue weighted by Gasteiger charge is -2.19. The van der Waals surface area contributed by atoms with E-state index >= 15 is 0 Å². The highest BCUT2D eigenvalue weighted by molar-refractivity contribution is 5.96. The van der Waals surface area contributed by atoms with Crippen LogP contribution in [0.25, 0.3) is 0 Å². The van der Waals surface area contributed by atoms with Gasteiger partial charge in [0.2, 0.25) is 5.91 Å². The summed E-state index contributed by atoms with van der Waals surface area (Å²) in [6, 6.07) is 13.6. The Hall–Kier alpha value is -3.15. The molecule has 0 aromatic heterocycles. The van der Waals surface area contributed by atoms with Crippen molar-refractivity contribution in [3.05, 3.63) is 65.2 Å². The first kappa shape index (κ1) is 21.2. The van der Waals surface area contributed by atoms with Crippen molar-refractivity contribution >= 4 is 17.7 Å². The van der Waals surface area contributed by atoms with Gasteiger partial charge in [0.25, 0.3) is 0 Å². The van der Waals surface area contributed by atoms with Crippen LogP contribution in [0, 0.1) is 6.92 Å². The van der Waals surface area contributed by atoms with Crippen molar-refractivity contribution in [3.8, 4) is 5.75 Å². The van der Waals surface area contributed by atoms with Crippen LogP contribution in [0.3, 0.4) is 0 Å². The summed E-state index contributed by atoms with van der Waals surface area (Å²) < 4.78 is 5.06. The Morgan fingerprint density at radius 1 is 1.04 bits per heavy atom. The number of rotatable bonds is 10. The number of amides is 1. The number of aryl methyl sites for hydroxylation is 1. The Bertz CT molecular complexity index is 829. The van der Waals surface area contributed by atoms with E-state index in [4.69, 9.17) is 9.84 Å². The van der Waals surface area contributed by atoms with Gasteiger partial charge in [0, 0.05) is 18.4 Å². The summed E-state index contributed by atoms with van der Waals surface area (Å²) in [4.78, 5) is 35.7. The molecule has 2 aromatic carbocycles. The second-order valence-corrected chi connectivity index (χ2v) is 6.58. The Kier molecular flexibility index (Phi) is 7.75. The van der Waals surface area contributed by atoms with Crippen LogP contribution in [0.2, 0.25) is 0 Å². The van der Waals surface area contributed by atoms with Crippen LogP contribution >= 0.6 is 0 Å². The number of nitrogens with one attached hydrogen (secondary N) is 1. The summed E-state index contributed by atoms with van der Waals surface area (Å²) in [5.41, 5.74) is 2.28. The number of carbonyl (C=O) groups excluding carboxylic acids is 2. The molecule has 0 spiro atoms. The summed E-state index contributed by atoms with van der Waals surface area (Å²) in [6.45, 7) is 1.88. The fourth-order valence-electron chi connectivity index (χ4n) is 2.99. The molecule has 0 saturated carbocycles. The van der Waals surface area contributed by atoms with E-state index in [1.165, 1.54) is 0 Å². The molecule has 0 radical (unpaired) electrons. The Labute approximate surface area is 164 Å². The Morgan fingerprint density at radius 3 is 2.32 bits per heavy atom. The van der Waals surface area contributed by atoms with E-state index < -0.39 is 12.0 Å². The fraction of sp³-hybridized carbons (Fsp3) is 0.318. The first-order valence-corrected chi connectivity index (χ1v) is 9.14. The molecule has 0 aliphatic heterocycles. The van der Waals surface area contributed by atoms with Crippen molar-refractivity contribution in [2.24, 2.45) is 0 Å². The fourth-order valence-corrected chi connectivity index (χ4v) is 2.99. The average Bonchev–Trinajstić information content (AvgIpc) is 2.67. The summed E-state index contributed by atoms with van der Waals surface area (Å²) in [5.74, 6) is -0.617. The molecule has 1 unspecified atom stereocenters. The topological polar surface area (TPSA) is 92.7 Å². The Morgan fingerprint density at radius 2 is 1.71 bits per heavy atom. The zero-order valence-electron chi connectivity index (χ0n) is 16.1. The highest BCUT2D eigenvalue weighted by Crippen LogP contribution is 2.21. The van der Waals surface area contributed by atoms with Crippen molar-refractivity contribution in [2.45, 2.75) is 38.6 Å². The normalized spacial score (nSPS) is 11.5. The van der Waals surface area contributed by atoms with Crippen molar-refractivity contribution in [1.82, 2.24) is 5.32 Å². The number of hydrogen-bond donors (Lipinski definition) is 2. The summed E-state index contributed by atoms with van der Waals surface area (Å²) in [5, 5.41) is 11.9. The number of ketones is 1. The first-order chi connectivity index (χ1) is 13.4. The zero-order chi connectivity index (χ0) is 20.5. The van der Waals surface area contributed by atoms with Crippen molar-refractivity contribution in [1.29, 1.82) is 0 Å². The monoisotopic (exact) mass is 383 g/mol. The van der Waals surface area contributed by atoms with E-state index in [1.54, 1.807) is 31.4 Å². The number of ether oxygens (including phenoxy) is 1. The second-order valence-electron chi connectivity index (χ2n) is 6.58. The SMILES string of the molecule is COc1ccc(C(=O)CCCC(=O)NC(CC(=O)O)c2ccccc2C)cc1. The number of carboxylic acids is 1. The van der Waals surface area contributed by atoms with Crippen LogP contribution in [-0.2, 0) is 9.59 Å². The third-order valence-corrected chi connectivity index (χ3v) is 4.50. The van der Waals surface area contributed by atoms with Crippen molar-refractivity contribution < 1.29 is 24.2 Å². The molecular formula is C22H25NO5. The summed E-state index contributed by atoms with van der Waals surface area (Å²) in [7, 11) is 1.56. The second kappa shape index (κ2) is 10.3. The van der Waals surface area contributed by atoms with Crippen molar-refractivity contribution in [3.63, 3.8) is 0 Å². The van der Waals surface area contributed by atoms with Gasteiger partial charge in [-0.25, -0.2) is 0 Å². The molecule has 0 aliphatic rings. The number of hydrogen-bond acceptors (Lipinski definition) is 4. The van der Waals surface area contributed by atoms with E-state index in [2.05, 4.69) is 5.32 Å². The molecule has 2 aromatic rings. The molecule has 28 heavy (non-hydrogen) atoms. The molecule has 148 valence electrons. The predicted molar refractivity (Wildman–Crippen MR) is 105 cm³/mol. The van der Waals surface area contributed by atoms with Gasteiger partial charge < -0.3 is 15.2 Å². The first-order valence-electron chi connectivity index (χ1n) is 9.14. The van der Waals surface area contributed by atoms with Crippen LogP contribution in [0.4, 0.5) is 0 Å². The van der Waals surface area contributed by atoms with Crippen LogP contribution in [0.5, 0.6) is 5.75 Å². The van der Waals surface area contributed by atoms with Gasteiger partial charge in [-0.1, -0.05) is 24.3 Å². The highest BCUT2D eigenvalue weighted by Gasteiger charge is 2.19. The average molecular weight is 383 g/mol. The van der Waals surface area contributed by atoms with Gasteiger partial charge in [-0.05, 0) is 48.7 Å². The molecule has 2 N–H and O–H groups in total. The van der Waals surface area contributed by atoms with E-state index in [-0.39, 0.29) is 31.0 Å². The molecule has 1 atom stereocenters. The largest absolute Gasteiger partial charge is 0.497 e. The van der Waals surface area contributed by atoms with Gasteiger partial charge in [0.1, 0.15) is 5.75 Å². The number of carbonyl (C=O) groups is 3. The highest BCUT2D eigenvalue weighted by atomic mass is 16.5. The zero-order valence-corrected chi connectivity index (χ0v) is 16.1. The summed E-state index contributed by atoms with van der Waals surface area (Å²) in [6.07, 6.45) is 0.600. The molecule has 0 bridgehead atoms. The molecule has 0 heterocycles. The summed E-state index contributed by atoms with van der Waals surface area (Å²) >= 11 is 0. The predicted octanol–water partition coefficient (Wildman–Crippen LogP) is 3.69. The molecule has 0 aliphatic carbocycles. The molecule has 1 amide bonds. The number of methoxy groups -OCH3 is 1. The van der Waals surface area contributed by atoms with E-state index in [0.717, 1.165) is 11.1 Å². The number of aliphatic carboxylic acids is 1. The van der Waals surface area contributed by atoms with Gasteiger partial charge in [0.05, 0.1) is 19.6 Å². The molecule has 2 rings (SSSR count). The van der Waals surface area contributed by atoms with Crippen molar-refractivity contribution in [2.75, 3.05) is 7.11 Å². The minimum Gasteiger partial charge on any atom is -0.497 e. The van der Waals surface area contributed by atoms with Crippen LogP contribution in [-0.4, -0.2) is 29.9 Å². The van der Waals surface area contributed by atoms with E-state index in [9.17, 15) is 14.4 Å². The van der Waals surface area contributed by atoms with Crippen LogP contribution in [0.15, 0.2) is 48.5 Å². The quantitative estimate of drug-likeness (QED) is 0.611. The van der Waals surface area contributed by atoms with Gasteiger partial charge in [-0.3, -0.25) is 14.4 Å². The maximum Gasteiger partial charge on any atom is 0.305 e. The molecule has 6 heteroatoms. The molecule has 6 nitrogen and oxygen atoms in total. The maximum absolute atomic E-state index is 12.3. The van der Waals surface area contributed by atoms with Gasteiger partial charge in [-0.2, -0.15) is 0 Å². The van der Waals surface area contributed by atoms with E-state index in [0.29, 0.717) is 17.7 Å². The molecular weight excluding hydrogens is 358 g/mol. The number of Topliss-reactive ketones (excluding diaryl/α,β-unsaturated/α-hetero) is 1. The molecule has 0 fully saturated rings. The minimum atomic E-state index is -0.983. The molecule has 0 saturated heterocycles. The van der Waals surface area contributed by atoms with Crippen LogP contribution in [0.1, 0.15) is 53.2 Å². The van der Waals surface area contributed by atoms with Gasteiger partial charge in [-0.15, -0.1) is 0 Å². The lowest BCUT2D eigenvalue weighted by Crippen LogP contribution is -2.30. The standard InChI is InChI=1S/C22H25NO5/c1-15-6-3-4-7-18(15)19(14-22(26)27)23-21(25)9-5-8-20(24)16-10-12-17(28-2)13-11-16/h3-4,6-7,10-13,19H,5,8-9,14H2,1-2H3,(H,23,25)(H,26,27). The maximum atomic E-state index is 12.3. The third-order valence-electron chi connectivity index (χ3n) is 4.50. The number of benzene rings is 2. The minimum absolute atomic E-state index is 0.0450. The third kappa shape index (κ3) is 6.23. The van der Waals surface area contributed by atoms with Crippen LogP contribution < -0.4 is 10.1 Å². The smallest absolute Gasteiger partial charge is 0.305 e. The van der Waals surface area contributed by atoms with Gasteiger partial charge in [0.15, 0.2) is 5.78 Å². The Balaban J connectivity index is 1.89. The van der Waals surface area contributed by atoms with E-state index in [1.807, 2.05) is 31.2 Å². The number of carboxylic acid groups (broad SMARTS) is 1. The lowest BCUT2D eigenvalue weighted by atomic mass is 9.98.